The van der Waals surface area contributed by atoms with E-state index in [0.717, 1.165) is 18.4 Å². The molecule has 0 unspecified atom stereocenters. The largest absolute Gasteiger partial charge is 0.330 e. The average Bonchev–Trinajstić information content (AvgIpc) is 2.78. The van der Waals surface area contributed by atoms with Gasteiger partial charge in [-0.1, -0.05) is 24.3 Å². The maximum absolute atomic E-state index is 13.0. The molecule has 1 aliphatic heterocycles. The molecule has 2 amide bonds. The Hall–Kier alpha value is -3.31. The predicted molar refractivity (Wildman–Crippen MR) is 116 cm³/mol. The van der Waals surface area contributed by atoms with Crippen molar-refractivity contribution < 1.29 is 18.0 Å². The van der Waals surface area contributed by atoms with Crippen molar-refractivity contribution in [2.75, 3.05) is 12.0 Å². The molecule has 0 atom stereocenters. The highest BCUT2D eigenvalue weighted by molar-refractivity contribution is 7.89. The quantitative estimate of drug-likeness (QED) is 0.248. The molecule has 1 aliphatic rings. The zero-order valence-corrected chi connectivity index (χ0v) is 17.3. The molecule has 3 aromatic carbocycles. The van der Waals surface area contributed by atoms with E-state index in [9.17, 15) is 18.0 Å². The van der Waals surface area contributed by atoms with Gasteiger partial charge in [0.25, 0.3) is 21.8 Å². The molecule has 10 heteroatoms. The third-order valence-corrected chi connectivity index (χ3v) is 6.49. The van der Waals surface area contributed by atoms with E-state index in [4.69, 9.17) is 11.6 Å². The van der Waals surface area contributed by atoms with Gasteiger partial charge in [0.15, 0.2) is 0 Å². The minimum atomic E-state index is -4.17. The van der Waals surface area contributed by atoms with Crippen molar-refractivity contribution in [1.82, 2.24) is 9.84 Å². The topological polar surface area (TPSA) is 148 Å². The van der Waals surface area contributed by atoms with Gasteiger partial charge in [-0.05, 0) is 55.3 Å². The number of nitrogen functional groups attached to an aromatic ring is 1. The average molecular weight is 439 g/mol. The highest BCUT2D eigenvalue weighted by atomic mass is 32.2. The first-order valence-corrected chi connectivity index (χ1v) is 11.1. The van der Waals surface area contributed by atoms with Crippen LogP contribution in [0.3, 0.4) is 0 Å². The Morgan fingerprint density at radius 2 is 1.58 bits per heavy atom. The molecule has 0 spiro atoms. The smallest absolute Gasteiger partial charge is 0.276 e. The molecule has 160 valence electrons. The van der Waals surface area contributed by atoms with Crippen molar-refractivity contribution in [2.24, 2.45) is 11.6 Å². The van der Waals surface area contributed by atoms with Gasteiger partial charge in [0, 0.05) is 10.8 Å². The predicted octanol–water partition coefficient (Wildman–Crippen LogP) is 1.51. The number of imide groups is 1. The second kappa shape index (κ2) is 8.08. The Bertz CT molecular complexity index is 1270. The van der Waals surface area contributed by atoms with Crippen molar-refractivity contribution in [3.8, 4) is 0 Å². The third kappa shape index (κ3) is 3.66. The normalized spacial score (nSPS) is 13.7. The maximum atomic E-state index is 13.0. The van der Waals surface area contributed by atoms with Gasteiger partial charge in [0.1, 0.15) is 0 Å². The zero-order valence-electron chi connectivity index (χ0n) is 16.5. The SMILES string of the molecule is NCCCc1ccc(S(=O)(=O)NN2C(=O)c3cccc4c(NN)ccc(c34)C2=O)cc1. The van der Waals surface area contributed by atoms with E-state index in [-0.39, 0.29) is 16.0 Å². The van der Waals surface area contributed by atoms with Crippen LogP contribution in [0.5, 0.6) is 0 Å². The Kier molecular flexibility index (Phi) is 5.46. The van der Waals surface area contributed by atoms with Crippen LogP contribution in [-0.4, -0.2) is 31.8 Å². The molecule has 0 saturated carbocycles. The molecule has 0 bridgehead atoms. The lowest BCUT2D eigenvalue weighted by Gasteiger charge is -2.27. The van der Waals surface area contributed by atoms with Gasteiger partial charge in [-0.3, -0.25) is 15.4 Å². The number of hydrogen-bond donors (Lipinski definition) is 4. The Morgan fingerprint density at radius 3 is 2.23 bits per heavy atom. The summed E-state index contributed by atoms with van der Waals surface area (Å²) in [5, 5.41) is 1.55. The highest BCUT2D eigenvalue weighted by Gasteiger charge is 2.36. The van der Waals surface area contributed by atoms with Crippen LogP contribution in [0.1, 0.15) is 32.7 Å². The summed E-state index contributed by atoms with van der Waals surface area (Å²) in [6.07, 6.45) is 1.52. The fourth-order valence-corrected chi connectivity index (χ4v) is 4.63. The summed E-state index contributed by atoms with van der Waals surface area (Å²) in [7, 11) is -4.17. The lowest BCUT2D eigenvalue weighted by molar-refractivity contribution is 0.0573. The van der Waals surface area contributed by atoms with Gasteiger partial charge in [0.05, 0.1) is 21.7 Å². The van der Waals surface area contributed by atoms with Crippen molar-refractivity contribution in [3.63, 3.8) is 0 Å². The Labute approximate surface area is 179 Å². The molecule has 0 aliphatic carbocycles. The van der Waals surface area contributed by atoms with Crippen LogP contribution in [0.2, 0.25) is 0 Å². The summed E-state index contributed by atoms with van der Waals surface area (Å²) in [5.41, 5.74) is 9.92. The molecule has 31 heavy (non-hydrogen) atoms. The standard InChI is InChI=1S/C21H21N5O4S/c22-12-2-3-13-6-8-14(9-7-13)31(29,30)25-26-20(27)16-5-1-4-15-18(24-23)11-10-17(19(15)16)21(26)28/h1,4-11,24-25H,2-3,12,22-23H2. The van der Waals surface area contributed by atoms with E-state index in [0.29, 0.717) is 28.0 Å². The Balaban J connectivity index is 1.68. The zero-order chi connectivity index (χ0) is 22.2. The van der Waals surface area contributed by atoms with Crippen molar-refractivity contribution in [3.05, 3.63) is 71.3 Å². The monoisotopic (exact) mass is 439 g/mol. The number of carbonyl (C=O) groups is 2. The first-order valence-electron chi connectivity index (χ1n) is 9.60. The van der Waals surface area contributed by atoms with Crippen LogP contribution in [0.15, 0.2) is 59.5 Å². The van der Waals surface area contributed by atoms with Crippen LogP contribution in [0.4, 0.5) is 5.69 Å². The second-order valence-electron chi connectivity index (χ2n) is 7.11. The first-order chi connectivity index (χ1) is 14.9. The summed E-state index contributed by atoms with van der Waals surface area (Å²) in [5.74, 6) is 4.00. The Morgan fingerprint density at radius 1 is 0.903 bits per heavy atom. The summed E-state index contributed by atoms with van der Waals surface area (Å²) >= 11 is 0. The number of hydrogen-bond acceptors (Lipinski definition) is 7. The van der Waals surface area contributed by atoms with E-state index < -0.39 is 21.8 Å². The number of hydrazine groups is 2. The molecule has 9 nitrogen and oxygen atoms in total. The van der Waals surface area contributed by atoms with Crippen LogP contribution in [0, 0.1) is 0 Å². The molecule has 0 aromatic heterocycles. The fraction of sp³-hybridized carbons (Fsp3) is 0.143. The molecular formula is C21H21N5O4S. The van der Waals surface area contributed by atoms with Gasteiger partial charge >= 0.3 is 0 Å². The van der Waals surface area contributed by atoms with Crippen molar-refractivity contribution in [1.29, 1.82) is 0 Å². The molecule has 0 radical (unpaired) electrons. The minimum Gasteiger partial charge on any atom is -0.330 e. The van der Waals surface area contributed by atoms with Crippen LogP contribution in [0.25, 0.3) is 10.8 Å². The third-order valence-electron chi connectivity index (χ3n) is 5.18. The molecular weight excluding hydrogens is 418 g/mol. The number of nitrogens with one attached hydrogen (secondary N) is 2. The summed E-state index contributed by atoms with van der Waals surface area (Å²) in [6.45, 7) is 0.540. The fourth-order valence-electron chi connectivity index (χ4n) is 3.62. The number of carbonyl (C=O) groups excluding carboxylic acids is 2. The molecule has 4 rings (SSSR count). The van der Waals surface area contributed by atoms with Crippen LogP contribution >= 0.6 is 0 Å². The number of nitrogens with two attached hydrogens (primary N) is 2. The molecule has 0 saturated heterocycles. The number of amides is 2. The molecule has 1 heterocycles. The second-order valence-corrected chi connectivity index (χ2v) is 8.77. The van der Waals surface area contributed by atoms with Crippen LogP contribution in [-0.2, 0) is 16.4 Å². The highest BCUT2D eigenvalue weighted by Crippen LogP contribution is 2.33. The number of nitrogens with zero attached hydrogens (tertiary/aromatic N) is 1. The van der Waals surface area contributed by atoms with E-state index >= 15 is 0 Å². The molecule has 3 aromatic rings. The van der Waals surface area contributed by atoms with Gasteiger partial charge in [-0.15, -0.1) is 4.83 Å². The summed E-state index contributed by atoms with van der Waals surface area (Å²) in [6, 6.07) is 14.2. The van der Waals surface area contributed by atoms with Gasteiger partial charge < -0.3 is 11.2 Å². The maximum Gasteiger partial charge on any atom is 0.276 e. The van der Waals surface area contributed by atoms with E-state index in [2.05, 4.69) is 10.3 Å². The van der Waals surface area contributed by atoms with Crippen molar-refractivity contribution in [2.45, 2.75) is 17.7 Å². The lowest BCUT2D eigenvalue weighted by atomic mass is 9.94. The summed E-state index contributed by atoms with van der Waals surface area (Å²) in [4.78, 5) is 28.1. The number of aryl methyl sites for hydroxylation is 1. The summed E-state index contributed by atoms with van der Waals surface area (Å²) < 4.78 is 25.7. The van der Waals surface area contributed by atoms with E-state index in [1.165, 1.54) is 24.3 Å². The van der Waals surface area contributed by atoms with Gasteiger partial charge in [-0.2, -0.15) is 5.01 Å². The number of rotatable bonds is 7. The van der Waals surface area contributed by atoms with Gasteiger partial charge in [0.2, 0.25) is 0 Å². The first kappa shape index (κ1) is 20.9. The minimum absolute atomic E-state index is 0.0590. The molecule has 6 N–H and O–H groups in total. The van der Waals surface area contributed by atoms with E-state index in [1.54, 1.807) is 30.3 Å². The van der Waals surface area contributed by atoms with Gasteiger partial charge in [-0.25, -0.2) is 8.42 Å². The molecule has 0 fully saturated rings. The number of sulfonamides is 1. The number of benzene rings is 3. The number of anilines is 1. The van der Waals surface area contributed by atoms with Crippen LogP contribution < -0.4 is 21.8 Å². The van der Waals surface area contributed by atoms with E-state index in [1.807, 2.05) is 0 Å². The van der Waals surface area contributed by atoms with Crippen molar-refractivity contribution >= 4 is 38.3 Å². The lowest BCUT2D eigenvalue weighted by Crippen LogP contribution is -2.51.